The van der Waals surface area contributed by atoms with Crippen LogP contribution < -0.4 is 0 Å². The number of hydrogen-bond acceptors (Lipinski definition) is 7. The molecule has 0 radical (unpaired) electrons. The Balaban J connectivity index is 2.15. The maximum Gasteiger partial charge on any atom is 0.290 e. The molecule has 0 aliphatic rings. The summed E-state index contributed by atoms with van der Waals surface area (Å²) in [6.07, 6.45) is 2.48. The van der Waals surface area contributed by atoms with Crippen LogP contribution in [0.25, 0.3) is 17.8 Å². The molecule has 0 bridgehead atoms. The molecule has 0 spiro atoms. The van der Waals surface area contributed by atoms with Gasteiger partial charge in [-0.2, -0.15) is 5.10 Å². The van der Waals surface area contributed by atoms with Crippen molar-refractivity contribution in [2.24, 2.45) is 0 Å². The van der Waals surface area contributed by atoms with Crippen LogP contribution in [-0.2, 0) is 0 Å². The maximum atomic E-state index is 11.4. The Morgan fingerprint density at radius 1 is 0.900 bits per heavy atom. The summed E-state index contributed by atoms with van der Waals surface area (Å²) in [5.41, 5.74) is -1.13. The van der Waals surface area contributed by atoms with Gasteiger partial charge in [0.1, 0.15) is 10.7 Å². The summed E-state index contributed by atoms with van der Waals surface area (Å²) in [4.78, 5) is 31.0. The van der Waals surface area contributed by atoms with Gasteiger partial charge in [0.05, 0.1) is 38.3 Å². The first kappa shape index (κ1) is 20.6. The molecule has 1 heterocycles. The van der Waals surface area contributed by atoms with E-state index in [1.165, 1.54) is 10.8 Å². The van der Waals surface area contributed by atoms with Crippen molar-refractivity contribution in [2.75, 3.05) is 0 Å². The van der Waals surface area contributed by atoms with Gasteiger partial charge in [-0.1, -0.05) is 29.8 Å². The molecule has 0 saturated carbocycles. The van der Waals surface area contributed by atoms with Crippen molar-refractivity contribution in [3.8, 4) is 5.69 Å². The van der Waals surface area contributed by atoms with Gasteiger partial charge in [-0.05, 0) is 31.2 Å². The van der Waals surface area contributed by atoms with E-state index in [4.69, 9.17) is 11.6 Å². The third kappa shape index (κ3) is 3.86. The number of aromatic nitrogens is 2. The Morgan fingerprint density at radius 3 is 1.93 bits per heavy atom. The first-order valence-electron chi connectivity index (χ1n) is 8.30. The summed E-state index contributed by atoms with van der Waals surface area (Å²) < 4.78 is 1.45. The number of aryl methyl sites for hydroxylation is 1. The van der Waals surface area contributed by atoms with Gasteiger partial charge in [0.25, 0.3) is 17.1 Å². The smallest absolute Gasteiger partial charge is 0.258 e. The van der Waals surface area contributed by atoms with Crippen LogP contribution >= 0.6 is 11.6 Å². The Kier molecular flexibility index (Phi) is 5.56. The highest BCUT2D eigenvalue weighted by atomic mass is 35.5. The highest BCUT2D eigenvalue weighted by molar-refractivity contribution is 6.31. The number of nitrogens with zero attached hydrogens (tertiary/aromatic N) is 5. The number of nitro benzene ring substituents is 3. The van der Waals surface area contributed by atoms with Crippen LogP contribution in [0, 0.1) is 37.3 Å². The predicted octanol–water partition coefficient (Wildman–Crippen LogP) is 4.73. The fourth-order valence-corrected chi connectivity index (χ4v) is 3.13. The van der Waals surface area contributed by atoms with Crippen molar-refractivity contribution in [3.05, 3.63) is 94.8 Å². The number of hydrogen-bond donors (Lipinski definition) is 0. The third-order valence-corrected chi connectivity index (χ3v) is 4.55. The number of para-hydroxylation sites is 1. The maximum absolute atomic E-state index is 11.4. The largest absolute Gasteiger partial charge is 0.290 e. The molecule has 0 atom stereocenters. The second-order valence-corrected chi connectivity index (χ2v) is 6.40. The van der Waals surface area contributed by atoms with E-state index < -0.39 is 37.4 Å². The molecule has 1 aromatic heterocycles. The zero-order valence-electron chi connectivity index (χ0n) is 15.3. The first-order valence-corrected chi connectivity index (χ1v) is 8.68. The van der Waals surface area contributed by atoms with Gasteiger partial charge < -0.3 is 0 Å². The Labute approximate surface area is 173 Å². The van der Waals surface area contributed by atoms with Gasteiger partial charge in [0, 0.05) is 5.56 Å². The molecule has 3 rings (SSSR count). The van der Waals surface area contributed by atoms with Crippen molar-refractivity contribution < 1.29 is 14.8 Å². The first-order chi connectivity index (χ1) is 14.2. The summed E-state index contributed by atoms with van der Waals surface area (Å²) in [7, 11) is 0. The standard InChI is InChI=1S/C18H12ClN5O6/c1-11-14(18(19)21(20-11)12-5-3-2-4-6-12)7-8-15-16(23(27)28)9-13(22(25)26)10-17(15)24(29)30/h2-10H,1H3/b8-7+. The molecule has 0 amide bonds. The minimum atomic E-state index is -0.932. The SMILES string of the molecule is Cc1nn(-c2ccccc2)c(Cl)c1/C=C/c1c([N+](=O)[O-])cc([N+](=O)[O-])cc1[N+](=O)[O-]. The summed E-state index contributed by atoms with van der Waals surface area (Å²) in [5, 5.41) is 38.3. The summed E-state index contributed by atoms with van der Waals surface area (Å²) in [6.45, 7) is 1.66. The quantitative estimate of drug-likeness (QED) is 0.406. The number of benzene rings is 2. The second kappa shape index (κ2) is 8.09. The second-order valence-electron chi connectivity index (χ2n) is 6.04. The minimum absolute atomic E-state index is 0.196. The van der Waals surface area contributed by atoms with Gasteiger partial charge in [0.2, 0.25) is 0 Å². The molecule has 0 N–H and O–H groups in total. The lowest BCUT2D eigenvalue weighted by molar-refractivity contribution is -0.403. The molecule has 30 heavy (non-hydrogen) atoms. The van der Waals surface area contributed by atoms with E-state index in [0.717, 1.165) is 6.08 Å². The van der Waals surface area contributed by atoms with E-state index in [0.29, 0.717) is 29.1 Å². The molecule has 12 heteroatoms. The molecule has 0 unspecified atom stereocenters. The van der Waals surface area contributed by atoms with Gasteiger partial charge in [0.15, 0.2) is 0 Å². The van der Waals surface area contributed by atoms with Crippen LogP contribution in [0.1, 0.15) is 16.8 Å². The van der Waals surface area contributed by atoms with E-state index in [2.05, 4.69) is 5.10 Å². The number of nitro groups is 3. The van der Waals surface area contributed by atoms with Crippen LogP contribution in [0.3, 0.4) is 0 Å². The van der Waals surface area contributed by atoms with Crippen molar-refractivity contribution >= 4 is 40.8 Å². The normalized spacial score (nSPS) is 11.0. The fourth-order valence-electron chi connectivity index (χ4n) is 2.79. The predicted molar refractivity (Wildman–Crippen MR) is 109 cm³/mol. The van der Waals surface area contributed by atoms with E-state index in [-0.39, 0.29) is 5.15 Å². The van der Waals surface area contributed by atoms with Gasteiger partial charge in [-0.25, -0.2) is 4.68 Å². The van der Waals surface area contributed by atoms with Crippen molar-refractivity contribution in [1.29, 1.82) is 0 Å². The van der Waals surface area contributed by atoms with Crippen molar-refractivity contribution in [2.45, 2.75) is 6.92 Å². The van der Waals surface area contributed by atoms with E-state index in [1.807, 2.05) is 6.07 Å². The van der Waals surface area contributed by atoms with Gasteiger partial charge >= 0.3 is 0 Å². The van der Waals surface area contributed by atoms with Crippen molar-refractivity contribution in [3.63, 3.8) is 0 Å². The van der Waals surface area contributed by atoms with E-state index in [1.54, 1.807) is 31.2 Å². The van der Waals surface area contributed by atoms with Crippen LogP contribution in [0.5, 0.6) is 0 Å². The molecule has 3 aromatic rings. The summed E-state index contributed by atoms with van der Waals surface area (Å²) >= 11 is 6.39. The highest BCUT2D eigenvalue weighted by Crippen LogP contribution is 2.36. The molecule has 11 nitrogen and oxygen atoms in total. The molecule has 0 saturated heterocycles. The summed E-state index contributed by atoms with van der Waals surface area (Å²) in [5.74, 6) is 0. The molecule has 2 aromatic carbocycles. The number of non-ortho nitro benzene ring substituents is 1. The lowest BCUT2D eigenvalue weighted by Crippen LogP contribution is -2.00. The molecule has 0 aliphatic carbocycles. The topological polar surface area (TPSA) is 147 Å². The van der Waals surface area contributed by atoms with Gasteiger partial charge in [-0.3, -0.25) is 30.3 Å². The molecular weight excluding hydrogens is 418 g/mol. The van der Waals surface area contributed by atoms with Crippen LogP contribution in [-0.4, -0.2) is 24.6 Å². The van der Waals surface area contributed by atoms with Crippen LogP contribution in [0.15, 0.2) is 42.5 Å². The average Bonchev–Trinajstić information content (AvgIpc) is 2.99. The lowest BCUT2D eigenvalue weighted by atomic mass is 10.1. The zero-order chi connectivity index (χ0) is 22.0. The lowest BCUT2D eigenvalue weighted by Gasteiger charge is -2.02. The Hall–Kier alpha value is -4.12. The van der Waals surface area contributed by atoms with Gasteiger partial charge in [-0.15, -0.1) is 0 Å². The minimum Gasteiger partial charge on any atom is -0.258 e. The van der Waals surface area contributed by atoms with Crippen molar-refractivity contribution in [1.82, 2.24) is 9.78 Å². The fraction of sp³-hybridized carbons (Fsp3) is 0.0556. The highest BCUT2D eigenvalue weighted by Gasteiger charge is 2.29. The Morgan fingerprint density at radius 2 is 1.43 bits per heavy atom. The van der Waals surface area contributed by atoms with E-state index >= 15 is 0 Å². The van der Waals surface area contributed by atoms with E-state index in [9.17, 15) is 30.3 Å². The average molecular weight is 430 g/mol. The Bertz CT molecular complexity index is 1170. The number of rotatable bonds is 6. The molecule has 0 aliphatic heterocycles. The molecule has 152 valence electrons. The monoisotopic (exact) mass is 429 g/mol. The van der Waals surface area contributed by atoms with Crippen LogP contribution in [0.2, 0.25) is 5.15 Å². The molecular formula is C18H12ClN5O6. The zero-order valence-corrected chi connectivity index (χ0v) is 16.0. The van der Waals surface area contributed by atoms with Crippen LogP contribution in [0.4, 0.5) is 17.1 Å². The summed E-state index contributed by atoms with van der Waals surface area (Å²) in [6, 6.07) is 10.3. The molecule has 0 fully saturated rings. The number of halogens is 1. The third-order valence-electron chi connectivity index (χ3n) is 4.19.